The van der Waals surface area contributed by atoms with Gasteiger partial charge in [-0.3, -0.25) is 0 Å². The highest BCUT2D eigenvalue weighted by Gasteiger charge is 2.25. The lowest BCUT2D eigenvalue weighted by Crippen LogP contribution is -2.09. The molecule has 0 saturated heterocycles. The molecule has 0 fully saturated rings. The van der Waals surface area contributed by atoms with Crippen LogP contribution in [0.2, 0.25) is 0 Å². The highest BCUT2D eigenvalue weighted by Crippen LogP contribution is 2.30. The Bertz CT molecular complexity index is 601. The molecule has 0 N–H and O–H groups in total. The van der Waals surface area contributed by atoms with Crippen molar-refractivity contribution in [2.24, 2.45) is 0 Å². The van der Waals surface area contributed by atoms with Crippen LogP contribution in [0.5, 0.6) is 0 Å². The van der Waals surface area contributed by atoms with Crippen LogP contribution in [-0.2, 0) is 9.47 Å². The van der Waals surface area contributed by atoms with Gasteiger partial charge in [-0.2, -0.15) is 0 Å². The first-order valence-corrected chi connectivity index (χ1v) is 6.16. The maximum atomic E-state index is 11.7. The smallest absolute Gasteiger partial charge is 0.341 e. The van der Waals surface area contributed by atoms with Crippen molar-refractivity contribution in [2.75, 3.05) is 14.2 Å². The van der Waals surface area contributed by atoms with Crippen LogP contribution in [0.25, 0.3) is 4.83 Å². The molecular formula is C10H8BrNO4S. The largest absolute Gasteiger partial charge is 0.465 e. The van der Waals surface area contributed by atoms with E-state index in [2.05, 4.69) is 25.4 Å². The molecule has 2 heterocycles. The van der Waals surface area contributed by atoms with Gasteiger partial charge in [0.15, 0.2) is 0 Å². The molecule has 2 aromatic rings. The number of rotatable bonds is 2. The summed E-state index contributed by atoms with van der Waals surface area (Å²) in [6.07, 6.45) is 3.31. The zero-order chi connectivity index (χ0) is 12.6. The summed E-state index contributed by atoms with van der Waals surface area (Å²) in [7, 11) is 2.54. The van der Waals surface area contributed by atoms with Gasteiger partial charge >= 0.3 is 11.9 Å². The number of carbonyl (C=O) groups is 2. The molecule has 7 heteroatoms. The summed E-state index contributed by atoms with van der Waals surface area (Å²) in [6.45, 7) is 0. The van der Waals surface area contributed by atoms with Gasteiger partial charge in [-0.25, -0.2) is 9.59 Å². The molecule has 0 bridgehead atoms. The van der Waals surface area contributed by atoms with E-state index in [0.717, 1.165) is 3.79 Å². The third kappa shape index (κ3) is 1.96. The standard InChI is InChI=1S/C10H8BrNO4S/c1-15-9(13)5-3-12-4-6(11)17-8(12)7(5)10(14)16-2/h3-4H,1-2H3. The van der Waals surface area contributed by atoms with E-state index < -0.39 is 11.9 Å². The second-order valence-corrected chi connectivity index (χ2v) is 5.56. The van der Waals surface area contributed by atoms with Crippen LogP contribution in [0.15, 0.2) is 16.2 Å². The van der Waals surface area contributed by atoms with Crippen molar-refractivity contribution in [1.82, 2.24) is 4.40 Å². The molecule has 2 aromatic heterocycles. The van der Waals surface area contributed by atoms with Crippen molar-refractivity contribution in [3.63, 3.8) is 0 Å². The first-order valence-electron chi connectivity index (χ1n) is 4.55. The van der Waals surface area contributed by atoms with Crippen molar-refractivity contribution >= 4 is 44.0 Å². The fourth-order valence-corrected chi connectivity index (χ4v) is 3.04. The fraction of sp³-hybridized carbons (Fsp3) is 0.200. The van der Waals surface area contributed by atoms with Crippen LogP contribution >= 0.6 is 27.3 Å². The highest BCUT2D eigenvalue weighted by molar-refractivity contribution is 9.11. The van der Waals surface area contributed by atoms with Crippen LogP contribution in [0.1, 0.15) is 20.7 Å². The molecule has 0 atom stereocenters. The summed E-state index contributed by atoms with van der Waals surface area (Å²) in [5.74, 6) is -1.11. The number of halogens is 1. The van der Waals surface area contributed by atoms with E-state index in [4.69, 9.17) is 0 Å². The average Bonchev–Trinajstić information content (AvgIpc) is 2.82. The minimum Gasteiger partial charge on any atom is -0.465 e. The molecule has 0 spiro atoms. The van der Waals surface area contributed by atoms with Gasteiger partial charge < -0.3 is 13.9 Å². The van der Waals surface area contributed by atoms with E-state index >= 15 is 0 Å². The second-order valence-electron chi connectivity index (χ2n) is 3.15. The molecule has 0 aliphatic heterocycles. The molecule has 0 aromatic carbocycles. The first kappa shape index (κ1) is 12.1. The monoisotopic (exact) mass is 317 g/mol. The van der Waals surface area contributed by atoms with Crippen molar-refractivity contribution < 1.29 is 19.1 Å². The molecular weight excluding hydrogens is 310 g/mol. The summed E-state index contributed by atoms with van der Waals surface area (Å²) in [5, 5.41) is 0. The molecule has 0 aliphatic carbocycles. The number of aromatic nitrogens is 1. The highest BCUT2D eigenvalue weighted by atomic mass is 79.9. The third-order valence-corrected chi connectivity index (χ3v) is 3.81. The number of esters is 2. The maximum absolute atomic E-state index is 11.7. The number of fused-ring (bicyclic) bond motifs is 1. The maximum Gasteiger partial charge on any atom is 0.341 e. The number of ether oxygens (including phenoxy) is 2. The lowest BCUT2D eigenvalue weighted by atomic mass is 10.2. The molecule has 2 rings (SSSR count). The Morgan fingerprint density at radius 3 is 2.47 bits per heavy atom. The predicted octanol–water partition coefficient (Wildman–Crippen LogP) is 2.34. The molecule has 0 amide bonds. The molecule has 0 saturated carbocycles. The Hall–Kier alpha value is -1.34. The van der Waals surface area contributed by atoms with E-state index in [0.29, 0.717) is 4.83 Å². The van der Waals surface area contributed by atoms with Crippen LogP contribution in [0, 0.1) is 0 Å². The van der Waals surface area contributed by atoms with E-state index in [1.165, 1.54) is 25.6 Å². The van der Waals surface area contributed by atoms with E-state index in [1.807, 2.05) is 0 Å². The lowest BCUT2D eigenvalue weighted by molar-refractivity contribution is 0.0558. The van der Waals surface area contributed by atoms with Crippen molar-refractivity contribution in [1.29, 1.82) is 0 Å². The Morgan fingerprint density at radius 2 is 1.88 bits per heavy atom. The molecule has 17 heavy (non-hydrogen) atoms. The number of nitrogens with zero attached hydrogens (tertiary/aromatic N) is 1. The third-order valence-electron chi connectivity index (χ3n) is 2.22. The zero-order valence-corrected chi connectivity index (χ0v) is 11.4. The first-order chi connectivity index (χ1) is 8.08. The Balaban J connectivity index is 2.70. The number of hydrogen-bond donors (Lipinski definition) is 0. The Morgan fingerprint density at radius 1 is 1.24 bits per heavy atom. The second kappa shape index (κ2) is 4.50. The summed E-state index contributed by atoms with van der Waals surface area (Å²) in [5.41, 5.74) is 0.438. The SMILES string of the molecule is COC(=O)c1cn2cc(Br)sc2c1C(=O)OC. The Kier molecular flexibility index (Phi) is 3.21. The molecule has 0 radical (unpaired) electrons. The quantitative estimate of drug-likeness (QED) is 0.798. The molecule has 0 unspecified atom stereocenters. The van der Waals surface area contributed by atoms with Gasteiger partial charge in [0.2, 0.25) is 0 Å². The van der Waals surface area contributed by atoms with Gasteiger partial charge in [0, 0.05) is 12.4 Å². The van der Waals surface area contributed by atoms with Crippen LogP contribution in [0.4, 0.5) is 0 Å². The molecule has 90 valence electrons. The number of methoxy groups -OCH3 is 2. The van der Waals surface area contributed by atoms with Gasteiger partial charge in [-0.05, 0) is 15.9 Å². The zero-order valence-electron chi connectivity index (χ0n) is 9.02. The van der Waals surface area contributed by atoms with Crippen LogP contribution in [-0.4, -0.2) is 30.6 Å². The van der Waals surface area contributed by atoms with Crippen molar-refractivity contribution in [2.45, 2.75) is 0 Å². The number of carbonyl (C=O) groups excluding carboxylic acids is 2. The van der Waals surface area contributed by atoms with Gasteiger partial charge in [0.25, 0.3) is 0 Å². The Labute approximate surface area is 109 Å². The average molecular weight is 318 g/mol. The van der Waals surface area contributed by atoms with E-state index in [9.17, 15) is 9.59 Å². The number of hydrogen-bond acceptors (Lipinski definition) is 5. The lowest BCUT2D eigenvalue weighted by Gasteiger charge is -2.00. The fourth-order valence-electron chi connectivity index (χ4n) is 1.50. The van der Waals surface area contributed by atoms with Gasteiger partial charge in [-0.1, -0.05) is 0 Å². The van der Waals surface area contributed by atoms with E-state index in [1.54, 1.807) is 16.8 Å². The van der Waals surface area contributed by atoms with Gasteiger partial charge in [0.1, 0.15) is 10.4 Å². The normalized spacial score (nSPS) is 10.5. The molecule has 5 nitrogen and oxygen atoms in total. The predicted molar refractivity (Wildman–Crippen MR) is 65.7 cm³/mol. The van der Waals surface area contributed by atoms with E-state index in [-0.39, 0.29) is 11.1 Å². The summed E-state index contributed by atoms with van der Waals surface area (Å²) in [4.78, 5) is 23.9. The summed E-state index contributed by atoms with van der Waals surface area (Å²) in [6, 6.07) is 0. The summed E-state index contributed by atoms with van der Waals surface area (Å²) >= 11 is 4.66. The van der Waals surface area contributed by atoms with Gasteiger partial charge in [0.05, 0.1) is 23.6 Å². The number of thiazole rings is 1. The van der Waals surface area contributed by atoms with Crippen molar-refractivity contribution in [3.8, 4) is 0 Å². The minimum absolute atomic E-state index is 0.207. The summed E-state index contributed by atoms with van der Waals surface area (Å²) < 4.78 is 11.9. The molecule has 0 aliphatic rings. The van der Waals surface area contributed by atoms with Crippen LogP contribution in [0.3, 0.4) is 0 Å². The van der Waals surface area contributed by atoms with Crippen molar-refractivity contribution in [3.05, 3.63) is 27.3 Å². The topological polar surface area (TPSA) is 57.0 Å². The minimum atomic E-state index is -0.558. The van der Waals surface area contributed by atoms with Gasteiger partial charge in [-0.15, -0.1) is 11.3 Å². The van der Waals surface area contributed by atoms with Crippen LogP contribution < -0.4 is 0 Å².